The zero-order chi connectivity index (χ0) is 18.3. The molecule has 0 aliphatic carbocycles. The van der Waals surface area contributed by atoms with E-state index in [-0.39, 0.29) is 6.42 Å². The fourth-order valence-electron chi connectivity index (χ4n) is 2.53. The quantitative estimate of drug-likeness (QED) is 0.842. The van der Waals surface area contributed by atoms with Crippen LogP contribution >= 0.6 is 0 Å². The second kappa shape index (κ2) is 6.08. The highest BCUT2D eigenvalue weighted by Gasteiger charge is 2.54. The number of carboxylic acids is 1. The first-order valence-corrected chi connectivity index (χ1v) is 7.58. The van der Waals surface area contributed by atoms with Crippen LogP contribution in [0.15, 0.2) is 24.3 Å². The van der Waals surface area contributed by atoms with Crippen molar-refractivity contribution in [3.63, 3.8) is 0 Å². The minimum atomic E-state index is -4.44. The lowest BCUT2D eigenvalue weighted by Crippen LogP contribution is -2.41. The molecule has 1 saturated heterocycles. The molecule has 8 heteroatoms. The lowest BCUT2D eigenvalue weighted by molar-refractivity contribution is -0.138. The van der Waals surface area contributed by atoms with Crippen molar-refractivity contribution in [2.24, 2.45) is 0 Å². The van der Waals surface area contributed by atoms with Crippen molar-refractivity contribution in [2.75, 3.05) is 0 Å². The lowest BCUT2D eigenvalue weighted by Gasteiger charge is -2.32. The van der Waals surface area contributed by atoms with E-state index < -0.39 is 41.8 Å². The summed E-state index contributed by atoms with van der Waals surface area (Å²) in [5, 5.41) is 9.16. The maximum atomic E-state index is 12.7. The molecule has 1 unspecified atom stereocenters. The van der Waals surface area contributed by atoms with Crippen LogP contribution in [0.5, 0.6) is 0 Å². The van der Waals surface area contributed by atoms with E-state index in [1.807, 2.05) is 27.7 Å². The first-order chi connectivity index (χ1) is 10.8. The zero-order valence-corrected chi connectivity index (χ0v) is 14.0. The topological polar surface area (TPSA) is 55.8 Å². The maximum absolute atomic E-state index is 12.7. The lowest BCUT2D eigenvalue weighted by atomic mass is 9.66. The first kappa shape index (κ1) is 18.8. The number of carboxylic acid groups (broad SMARTS) is 1. The van der Waals surface area contributed by atoms with Gasteiger partial charge in [-0.1, -0.05) is 12.1 Å². The molecule has 4 nitrogen and oxygen atoms in total. The number of rotatable bonds is 4. The fraction of sp³-hybridized carbons (Fsp3) is 0.562. The average molecular weight is 344 g/mol. The Labute approximate surface area is 139 Å². The molecular weight excluding hydrogens is 324 g/mol. The van der Waals surface area contributed by atoms with E-state index in [9.17, 15) is 18.0 Å². The van der Waals surface area contributed by atoms with E-state index in [4.69, 9.17) is 14.4 Å². The van der Waals surface area contributed by atoms with Crippen LogP contribution in [0.3, 0.4) is 0 Å². The van der Waals surface area contributed by atoms with Gasteiger partial charge in [0.1, 0.15) is 0 Å². The third-order valence-corrected chi connectivity index (χ3v) is 4.66. The third-order valence-electron chi connectivity index (χ3n) is 4.66. The number of carbonyl (C=O) groups is 1. The van der Waals surface area contributed by atoms with Crippen LogP contribution in [0.2, 0.25) is 0 Å². The summed E-state index contributed by atoms with van der Waals surface area (Å²) in [7, 11) is -0.845. The molecule has 0 saturated carbocycles. The van der Waals surface area contributed by atoms with Gasteiger partial charge in [-0.05, 0) is 45.4 Å². The zero-order valence-electron chi connectivity index (χ0n) is 14.0. The highest BCUT2D eigenvalue weighted by atomic mass is 19.4. The molecule has 0 amide bonds. The average Bonchev–Trinajstić information content (AvgIpc) is 2.63. The minimum absolute atomic E-state index is 0.303. The van der Waals surface area contributed by atoms with E-state index in [1.54, 1.807) is 0 Å². The first-order valence-electron chi connectivity index (χ1n) is 7.58. The molecule has 2 rings (SSSR count). The summed E-state index contributed by atoms with van der Waals surface area (Å²) in [6.45, 7) is 7.32. The van der Waals surface area contributed by atoms with Crippen LogP contribution in [0.1, 0.15) is 51.1 Å². The van der Waals surface area contributed by atoms with Gasteiger partial charge in [-0.15, -0.1) is 0 Å². The standard InChI is InChI=1S/C16H20BF3O4/c1-14(2)15(3,4)24-17(23-14)12(9-13(21)22)10-5-7-11(8-6-10)16(18,19)20/h5-8,12H,9H2,1-4H3,(H,21,22). The normalized spacial score (nSPS) is 20.9. The van der Waals surface area contributed by atoms with Gasteiger partial charge in [0.2, 0.25) is 0 Å². The van der Waals surface area contributed by atoms with Crippen molar-refractivity contribution in [3.05, 3.63) is 35.4 Å². The van der Waals surface area contributed by atoms with E-state index in [0.29, 0.717) is 5.56 Å². The minimum Gasteiger partial charge on any atom is -0.481 e. The predicted octanol–water partition coefficient (Wildman–Crippen LogP) is 3.90. The van der Waals surface area contributed by atoms with E-state index in [1.165, 1.54) is 12.1 Å². The van der Waals surface area contributed by atoms with Gasteiger partial charge >= 0.3 is 19.3 Å². The molecule has 1 aromatic rings. The number of aliphatic carboxylic acids is 1. The summed E-state index contributed by atoms with van der Waals surface area (Å²) in [6, 6.07) is 4.44. The van der Waals surface area contributed by atoms with Crippen LogP contribution in [0, 0.1) is 0 Å². The van der Waals surface area contributed by atoms with Gasteiger partial charge in [0.15, 0.2) is 0 Å². The van der Waals surface area contributed by atoms with E-state index in [0.717, 1.165) is 12.1 Å². The Morgan fingerprint density at radius 1 is 1.12 bits per heavy atom. The SMILES string of the molecule is CC1(C)OB(C(CC(=O)O)c2ccc(C(F)(F)F)cc2)OC1(C)C. The Hall–Kier alpha value is -1.54. The molecule has 1 aliphatic rings. The van der Waals surface area contributed by atoms with Crippen molar-refractivity contribution >= 4 is 13.1 Å². The van der Waals surface area contributed by atoms with Gasteiger partial charge in [-0.3, -0.25) is 4.79 Å². The van der Waals surface area contributed by atoms with Crippen molar-refractivity contribution in [2.45, 2.75) is 57.3 Å². The van der Waals surface area contributed by atoms with E-state index in [2.05, 4.69) is 0 Å². The van der Waals surface area contributed by atoms with E-state index >= 15 is 0 Å². The summed E-state index contributed by atoms with van der Waals surface area (Å²) >= 11 is 0. The molecule has 0 bridgehead atoms. The van der Waals surface area contributed by atoms with Crippen LogP contribution in [-0.4, -0.2) is 29.4 Å². The van der Waals surface area contributed by atoms with Gasteiger partial charge in [-0.25, -0.2) is 0 Å². The Bertz CT molecular complexity index is 595. The summed E-state index contributed by atoms with van der Waals surface area (Å²) in [5.74, 6) is -1.78. The number of halogens is 3. The Balaban J connectivity index is 2.32. The Kier molecular flexibility index (Phi) is 4.76. The second-order valence-corrected chi connectivity index (χ2v) is 6.95. The molecule has 0 aromatic heterocycles. The van der Waals surface area contributed by atoms with Gasteiger partial charge in [0, 0.05) is 5.82 Å². The highest BCUT2D eigenvalue weighted by molar-refractivity contribution is 6.48. The third kappa shape index (κ3) is 3.75. The fourth-order valence-corrected chi connectivity index (χ4v) is 2.53. The predicted molar refractivity (Wildman–Crippen MR) is 82.5 cm³/mol. The van der Waals surface area contributed by atoms with Crippen molar-refractivity contribution in [1.29, 1.82) is 0 Å². The molecule has 1 N–H and O–H groups in total. The van der Waals surface area contributed by atoms with Crippen molar-refractivity contribution < 1.29 is 32.4 Å². The Morgan fingerprint density at radius 2 is 1.58 bits per heavy atom. The molecule has 1 atom stereocenters. The smallest absolute Gasteiger partial charge is 0.466 e. The van der Waals surface area contributed by atoms with Crippen molar-refractivity contribution in [3.8, 4) is 0 Å². The molecule has 1 fully saturated rings. The summed E-state index contributed by atoms with van der Waals surface area (Å²) in [4.78, 5) is 11.2. The second-order valence-electron chi connectivity index (χ2n) is 6.95. The van der Waals surface area contributed by atoms with Crippen LogP contribution in [0.25, 0.3) is 0 Å². The largest absolute Gasteiger partial charge is 0.481 e. The monoisotopic (exact) mass is 344 g/mol. The number of alkyl halides is 3. The van der Waals surface area contributed by atoms with Gasteiger partial charge in [0.25, 0.3) is 0 Å². The van der Waals surface area contributed by atoms with Crippen molar-refractivity contribution in [1.82, 2.24) is 0 Å². The van der Waals surface area contributed by atoms with Gasteiger partial charge in [-0.2, -0.15) is 13.2 Å². The molecule has 1 heterocycles. The molecule has 132 valence electrons. The summed E-state index contributed by atoms with van der Waals surface area (Å²) in [5.41, 5.74) is -1.65. The molecule has 1 aliphatic heterocycles. The van der Waals surface area contributed by atoms with Crippen LogP contribution in [0.4, 0.5) is 13.2 Å². The molecule has 1 aromatic carbocycles. The Morgan fingerprint density at radius 3 is 1.96 bits per heavy atom. The molecule has 0 radical (unpaired) electrons. The number of benzene rings is 1. The molecule has 24 heavy (non-hydrogen) atoms. The van der Waals surface area contributed by atoms with Gasteiger partial charge < -0.3 is 14.4 Å². The van der Waals surface area contributed by atoms with Crippen LogP contribution < -0.4 is 0 Å². The molecular formula is C16H20BF3O4. The highest BCUT2D eigenvalue weighted by Crippen LogP contribution is 2.42. The van der Waals surface area contributed by atoms with Gasteiger partial charge in [0.05, 0.1) is 23.2 Å². The molecule has 0 spiro atoms. The maximum Gasteiger partial charge on any atom is 0.466 e. The number of hydrogen-bond donors (Lipinski definition) is 1. The van der Waals surface area contributed by atoms with Crippen LogP contribution in [-0.2, 0) is 20.3 Å². The number of hydrogen-bond acceptors (Lipinski definition) is 3. The summed E-state index contributed by atoms with van der Waals surface area (Å²) in [6.07, 6.45) is -4.74. The summed E-state index contributed by atoms with van der Waals surface area (Å²) < 4.78 is 49.8.